The normalized spacial score (nSPS) is 12.3. The molecule has 9 heteroatoms. The van der Waals surface area contributed by atoms with E-state index in [1.54, 1.807) is 12.1 Å². The number of nitrogens with one attached hydrogen (secondary N) is 1. The van der Waals surface area contributed by atoms with E-state index in [2.05, 4.69) is 10.3 Å². The number of thiazole rings is 1. The van der Waals surface area contributed by atoms with Gasteiger partial charge in [0.05, 0.1) is 5.69 Å². The summed E-state index contributed by atoms with van der Waals surface area (Å²) in [6, 6.07) is 7.13. The van der Waals surface area contributed by atoms with Crippen LogP contribution in [-0.4, -0.2) is 32.3 Å². The summed E-state index contributed by atoms with van der Waals surface area (Å²) in [4.78, 5) is 43.1. The van der Waals surface area contributed by atoms with Crippen LogP contribution in [0, 0.1) is 6.92 Å². The Bertz CT molecular complexity index is 1130. The Morgan fingerprint density at radius 1 is 1.29 bits per heavy atom. The molecule has 0 saturated carbocycles. The Morgan fingerprint density at radius 3 is 2.57 bits per heavy atom. The molecule has 0 saturated heterocycles. The molecule has 0 aliphatic rings. The number of aromatic nitrogens is 3. The zero-order valence-corrected chi connectivity index (χ0v) is 17.8. The zero-order valence-electron chi connectivity index (χ0n) is 16.2. The van der Waals surface area contributed by atoms with Crippen molar-refractivity contribution in [1.82, 2.24) is 19.4 Å². The molecular weight excluding hydrogens is 396 g/mol. The maximum atomic E-state index is 13.2. The zero-order chi connectivity index (χ0) is 20.4. The lowest BCUT2D eigenvalue weighted by Crippen LogP contribution is -2.43. The lowest BCUT2D eigenvalue weighted by molar-refractivity contribution is -0.122. The number of aryl methyl sites for hydroxylation is 1. The molecule has 28 heavy (non-hydrogen) atoms. The van der Waals surface area contributed by atoms with Gasteiger partial charge in [0.15, 0.2) is 9.99 Å². The van der Waals surface area contributed by atoms with E-state index in [1.165, 1.54) is 27.7 Å². The van der Waals surface area contributed by atoms with Gasteiger partial charge in [-0.05, 0) is 38.7 Å². The van der Waals surface area contributed by atoms with Gasteiger partial charge in [-0.15, -0.1) is 11.3 Å². The highest BCUT2D eigenvalue weighted by Crippen LogP contribution is 2.25. The number of amides is 1. The van der Waals surface area contributed by atoms with Gasteiger partial charge in [-0.1, -0.05) is 36.4 Å². The maximum Gasteiger partial charge on any atom is 0.337 e. The third-order valence-electron chi connectivity index (χ3n) is 4.45. The molecule has 1 atom stereocenters. The van der Waals surface area contributed by atoms with Crippen LogP contribution in [0.25, 0.3) is 16.0 Å². The molecule has 0 radical (unpaired) electrons. The summed E-state index contributed by atoms with van der Waals surface area (Å²) in [6.45, 7) is 5.61. The molecule has 1 unspecified atom stereocenters. The van der Waals surface area contributed by atoms with Crippen molar-refractivity contribution in [1.29, 1.82) is 0 Å². The van der Waals surface area contributed by atoms with Gasteiger partial charge in [0, 0.05) is 6.04 Å². The largest absolute Gasteiger partial charge is 0.352 e. The van der Waals surface area contributed by atoms with E-state index in [0.717, 1.165) is 16.6 Å². The van der Waals surface area contributed by atoms with Gasteiger partial charge in [0.2, 0.25) is 5.91 Å². The highest BCUT2D eigenvalue weighted by atomic mass is 32.2. The second kappa shape index (κ2) is 8.32. The van der Waals surface area contributed by atoms with E-state index < -0.39 is 11.2 Å². The standard InChI is InChI=1S/C19H22N4O3S2/c1-5-12(3)20-14(24)10-22-16-15(28-18(21-16)27-4)17(25)23(19(22)26)13-8-6-11(2)7-9-13/h6-9,12H,5,10H2,1-4H3,(H,20,24). The third kappa shape index (κ3) is 3.90. The number of nitrogens with zero attached hydrogens (tertiary/aromatic N) is 3. The Balaban J connectivity index is 2.22. The molecule has 1 aromatic carbocycles. The smallest absolute Gasteiger partial charge is 0.337 e. The molecule has 0 spiro atoms. The summed E-state index contributed by atoms with van der Waals surface area (Å²) in [5.74, 6) is -0.287. The van der Waals surface area contributed by atoms with Gasteiger partial charge in [0.1, 0.15) is 11.2 Å². The average Bonchev–Trinajstić information content (AvgIpc) is 3.11. The summed E-state index contributed by atoms with van der Waals surface area (Å²) >= 11 is 2.63. The van der Waals surface area contributed by atoms with Gasteiger partial charge in [-0.3, -0.25) is 14.2 Å². The van der Waals surface area contributed by atoms with Gasteiger partial charge in [0.25, 0.3) is 5.56 Å². The third-order valence-corrected chi connectivity index (χ3v) is 6.47. The first-order valence-electron chi connectivity index (χ1n) is 8.92. The Morgan fingerprint density at radius 2 is 1.96 bits per heavy atom. The number of fused-ring (bicyclic) bond motifs is 1. The first-order valence-corrected chi connectivity index (χ1v) is 11.0. The molecule has 0 aliphatic heterocycles. The van der Waals surface area contributed by atoms with Crippen molar-refractivity contribution in [2.45, 2.75) is 44.1 Å². The van der Waals surface area contributed by atoms with Crippen molar-refractivity contribution in [3.63, 3.8) is 0 Å². The molecule has 2 heterocycles. The lowest BCUT2D eigenvalue weighted by atomic mass is 10.2. The number of hydrogen-bond acceptors (Lipinski definition) is 6. The van der Waals surface area contributed by atoms with Gasteiger partial charge in [-0.25, -0.2) is 14.3 Å². The topological polar surface area (TPSA) is 86.0 Å². The molecule has 0 bridgehead atoms. The number of benzene rings is 1. The second-order valence-corrected chi connectivity index (χ2v) is 8.61. The highest BCUT2D eigenvalue weighted by Gasteiger charge is 2.20. The number of thioether (sulfide) groups is 1. The van der Waals surface area contributed by atoms with E-state index in [0.29, 0.717) is 14.7 Å². The summed E-state index contributed by atoms with van der Waals surface area (Å²) in [7, 11) is 0. The van der Waals surface area contributed by atoms with Crippen LogP contribution in [0.1, 0.15) is 25.8 Å². The van der Waals surface area contributed by atoms with Crippen LogP contribution < -0.4 is 16.6 Å². The first-order chi connectivity index (χ1) is 13.3. The highest BCUT2D eigenvalue weighted by molar-refractivity contribution is 8.00. The number of rotatable bonds is 6. The van der Waals surface area contributed by atoms with Gasteiger partial charge < -0.3 is 5.32 Å². The minimum atomic E-state index is -0.571. The minimum Gasteiger partial charge on any atom is -0.352 e. The molecule has 2 aromatic heterocycles. The lowest BCUT2D eigenvalue weighted by Gasteiger charge is -2.14. The van der Waals surface area contributed by atoms with Crippen LogP contribution in [0.4, 0.5) is 0 Å². The first kappa shape index (κ1) is 20.3. The molecule has 1 amide bonds. The molecule has 3 aromatic rings. The van der Waals surface area contributed by atoms with E-state index in [-0.39, 0.29) is 24.1 Å². The predicted octanol–water partition coefficient (Wildman–Crippen LogP) is 2.55. The van der Waals surface area contributed by atoms with Gasteiger partial charge in [-0.2, -0.15) is 0 Å². The van der Waals surface area contributed by atoms with Crippen LogP contribution in [0.3, 0.4) is 0 Å². The van der Waals surface area contributed by atoms with Crippen LogP contribution >= 0.6 is 23.1 Å². The van der Waals surface area contributed by atoms with Crippen LogP contribution in [0.15, 0.2) is 38.2 Å². The van der Waals surface area contributed by atoms with E-state index >= 15 is 0 Å². The number of hydrogen-bond donors (Lipinski definition) is 1. The Kier molecular flexibility index (Phi) is 6.04. The van der Waals surface area contributed by atoms with Crippen molar-refractivity contribution < 1.29 is 4.79 Å². The molecule has 0 fully saturated rings. The predicted molar refractivity (Wildman–Crippen MR) is 114 cm³/mol. The molecule has 148 valence electrons. The van der Waals surface area contributed by atoms with Crippen molar-refractivity contribution in [3.8, 4) is 5.69 Å². The molecule has 3 rings (SSSR count). The van der Waals surface area contributed by atoms with Gasteiger partial charge >= 0.3 is 5.69 Å². The summed E-state index contributed by atoms with van der Waals surface area (Å²) in [6.07, 6.45) is 2.64. The van der Waals surface area contributed by atoms with Crippen molar-refractivity contribution in [2.75, 3.05) is 6.26 Å². The molecular formula is C19H22N4O3S2. The van der Waals surface area contributed by atoms with Crippen molar-refractivity contribution in [3.05, 3.63) is 50.7 Å². The fourth-order valence-corrected chi connectivity index (χ4v) is 4.23. The van der Waals surface area contributed by atoms with E-state index in [4.69, 9.17) is 0 Å². The van der Waals surface area contributed by atoms with Crippen LogP contribution in [0.5, 0.6) is 0 Å². The summed E-state index contributed by atoms with van der Waals surface area (Å²) in [5, 5.41) is 2.86. The van der Waals surface area contributed by atoms with Crippen molar-refractivity contribution >= 4 is 39.4 Å². The second-order valence-electron chi connectivity index (χ2n) is 6.56. The minimum absolute atomic E-state index is 0.00103. The Labute approximate surface area is 170 Å². The SMILES string of the molecule is CCC(C)NC(=O)Cn1c(=O)n(-c2ccc(C)cc2)c(=O)c2sc(SC)nc21. The molecule has 0 aliphatic carbocycles. The average molecular weight is 419 g/mol. The monoisotopic (exact) mass is 418 g/mol. The van der Waals surface area contributed by atoms with E-state index in [9.17, 15) is 14.4 Å². The molecule has 1 N–H and O–H groups in total. The number of carbonyl (C=O) groups is 1. The van der Waals surface area contributed by atoms with Crippen LogP contribution in [0.2, 0.25) is 0 Å². The van der Waals surface area contributed by atoms with Crippen molar-refractivity contribution in [2.24, 2.45) is 0 Å². The number of carbonyl (C=O) groups excluding carboxylic acids is 1. The maximum absolute atomic E-state index is 13.2. The Hall–Kier alpha value is -2.39. The van der Waals surface area contributed by atoms with E-state index in [1.807, 2.05) is 39.2 Å². The molecule has 7 nitrogen and oxygen atoms in total. The summed E-state index contributed by atoms with van der Waals surface area (Å²) in [5.41, 5.74) is 0.761. The fourth-order valence-electron chi connectivity index (χ4n) is 2.73. The summed E-state index contributed by atoms with van der Waals surface area (Å²) < 4.78 is 3.43. The van der Waals surface area contributed by atoms with Crippen LogP contribution in [-0.2, 0) is 11.3 Å². The quantitative estimate of drug-likeness (QED) is 0.622. The fraction of sp³-hybridized carbons (Fsp3) is 0.368.